The normalized spacial score (nSPS) is 13.7. The maximum absolute atomic E-state index is 12.7. The number of carbonyl (C=O) groups excluding carboxylic acids is 1. The van der Waals surface area contributed by atoms with E-state index in [0.29, 0.717) is 32.7 Å². The molecule has 47 heavy (non-hydrogen) atoms. The van der Waals surface area contributed by atoms with Gasteiger partial charge in [-0.25, -0.2) is 4.79 Å². The van der Waals surface area contributed by atoms with Crippen LogP contribution in [0.1, 0.15) is 22.6 Å². The number of methoxy groups -OCH3 is 1. The smallest absolute Gasteiger partial charge is 0.349 e. The van der Waals surface area contributed by atoms with Crippen molar-refractivity contribution in [2.24, 2.45) is 5.73 Å². The summed E-state index contributed by atoms with van der Waals surface area (Å²) in [6.07, 6.45) is 0. The van der Waals surface area contributed by atoms with Crippen molar-refractivity contribution in [1.29, 1.82) is 5.26 Å². The zero-order chi connectivity index (χ0) is 34.0. The van der Waals surface area contributed by atoms with E-state index < -0.39 is 18.5 Å². The molecular formula is C32H19Cl7N2O6. The highest BCUT2D eigenvalue weighted by Crippen LogP contribution is 2.48. The van der Waals surface area contributed by atoms with Gasteiger partial charge in [0.25, 0.3) is 0 Å². The van der Waals surface area contributed by atoms with Gasteiger partial charge in [0.2, 0.25) is 5.88 Å². The van der Waals surface area contributed by atoms with Crippen molar-refractivity contribution < 1.29 is 28.5 Å². The Labute approximate surface area is 303 Å². The minimum atomic E-state index is -0.812. The molecule has 0 fully saturated rings. The van der Waals surface area contributed by atoms with E-state index in [1.54, 1.807) is 42.5 Å². The van der Waals surface area contributed by atoms with E-state index in [1.807, 2.05) is 0 Å². The monoisotopic (exact) mass is 772 g/mol. The van der Waals surface area contributed by atoms with E-state index in [-0.39, 0.29) is 60.4 Å². The molecule has 242 valence electrons. The molecule has 5 rings (SSSR count). The largest absolute Gasteiger partial charge is 0.493 e. The van der Waals surface area contributed by atoms with Gasteiger partial charge in [0.05, 0.1) is 28.1 Å². The topological polar surface area (TPSA) is 113 Å². The van der Waals surface area contributed by atoms with E-state index in [4.69, 9.17) is 111 Å². The summed E-state index contributed by atoms with van der Waals surface area (Å²) in [6, 6.07) is 17.1. The Bertz CT molecular complexity index is 1950. The summed E-state index contributed by atoms with van der Waals surface area (Å²) in [6.45, 7) is -0.441. The van der Waals surface area contributed by atoms with Crippen LogP contribution in [0.5, 0.6) is 28.7 Å². The van der Waals surface area contributed by atoms with E-state index in [9.17, 15) is 10.1 Å². The molecule has 2 N–H and O–H groups in total. The van der Waals surface area contributed by atoms with Crippen molar-refractivity contribution in [2.75, 3.05) is 13.7 Å². The first-order valence-corrected chi connectivity index (χ1v) is 15.9. The Hall–Kier alpha value is -3.39. The fourth-order valence-electron chi connectivity index (χ4n) is 4.62. The molecule has 0 bridgehead atoms. The molecule has 0 aromatic heterocycles. The maximum atomic E-state index is 12.7. The number of halogens is 7. The van der Waals surface area contributed by atoms with Crippen LogP contribution in [0.2, 0.25) is 35.2 Å². The third-order valence-electron chi connectivity index (χ3n) is 6.85. The number of benzene rings is 4. The minimum absolute atomic E-state index is 0.0549. The number of nitrogens with two attached hydrogens (primary N) is 1. The lowest BCUT2D eigenvalue weighted by Gasteiger charge is -2.27. The molecule has 0 amide bonds. The van der Waals surface area contributed by atoms with Crippen LogP contribution in [0.15, 0.2) is 66.1 Å². The van der Waals surface area contributed by atoms with Gasteiger partial charge in [-0.3, -0.25) is 0 Å². The number of nitrogens with zero attached hydrogens (tertiary/aromatic N) is 1. The predicted octanol–water partition coefficient (Wildman–Crippen LogP) is 10.1. The van der Waals surface area contributed by atoms with Crippen molar-refractivity contribution in [3.05, 3.63) is 118 Å². The van der Waals surface area contributed by atoms with E-state index >= 15 is 0 Å². The number of esters is 1. The molecule has 15 heteroatoms. The molecule has 0 spiro atoms. The lowest BCUT2D eigenvalue weighted by atomic mass is 9.83. The van der Waals surface area contributed by atoms with Gasteiger partial charge in [0, 0.05) is 27.2 Å². The molecule has 1 atom stereocenters. The quantitative estimate of drug-likeness (QED) is 0.0774. The van der Waals surface area contributed by atoms with Crippen molar-refractivity contribution in [1.82, 2.24) is 0 Å². The Balaban J connectivity index is 1.36. The second kappa shape index (κ2) is 14.8. The summed E-state index contributed by atoms with van der Waals surface area (Å²) in [5.41, 5.74) is 8.32. The van der Waals surface area contributed by atoms with Crippen LogP contribution in [0.25, 0.3) is 0 Å². The van der Waals surface area contributed by atoms with Gasteiger partial charge in [0.1, 0.15) is 39.8 Å². The zero-order valence-electron chi connectivity index (χ0n) is 23.8. The van der Waals surface area contributed by atoms with Crippen LogP contribution < -0.4 is 29.4 Å². The average molecular weight is 776 g/mol. The molecule has 1 aliphatic rings. The van der Waals surface area contributed by atoms with E-state index in [1.165, 1.54) is 19.2 Å². The van der Waals surface area contributed by atoms with Crippen LogP contribution in [-0.2, 0) is 11.4 Å². The van der Waals surface area contributed by atoms with Gasteiger partial charge in [0.15, 0.2) is 23.9 Å². The van der Waals surface area contributed by atoms with Gasteiger partial charge >= 0.3 is 5.97 Å². The summed E-state index contributed by atoms with van der Waals surface area (Å²) >= 11 is 42.7. The lowest BCUT2D eigenvalue weighted by molar-refractivity contribution is -0.136. The predicted molar refractivity (Wildman–Crippen MR) is 182 cm³/mol. The van der Waals surface area contributed by atoms with Gasteiger partial charge < -0.3 is 29.4 Å². The molecule has 1 heterocycles. The fraction of sp³-hybridized carbons (Fsp3) is 0.125. The van der Waals surface area contributed by atoms with Crippen molar-refractivity contribution >= 4 is 87.2 Å². The number of fused-ring (bicyclic) bond motifs is 1. The van der Waals surface area contributed by atoms with Gasteiger partial charge in [-0.15, -0.1) is 0 Å². The SMILES string of the molecule is COc1cc(C2C(C#N)=C(N)Oc3cc(OC(=O)COc4c(Cl)c(Cl)c(Cl)c(Cl)c4Cl)ccc32)ccc1OCc1ccc(Cl)cc1Cl. The van der Waals surface area contributed by atoms with Gasteiger partial charge in [-0.1, -0.05) is 99.4 Å². The minimum Gasteiger partial charge on any atom is -0.493 e. The summed E-state index contributed by atoms with van der Waals surface area (Å²) in [5, 5.41) is 10.5. The third-order valence-corrected chi connectivity index (χ3v) is 9.67. The summed E-state index contributed by atoms with van der Waals surface area (Å²) < 4.78 is 28.2. The second-order valence-electron chi connectivity index (χ2n) is 9.72. The molecule has 1 unspecified atom stereocenters. The summed E-state index contributed by atoms with van der Waals surface area (Å²) in [4.78, 5) is 12.7. The molecule has 1 aliphatic heterocycles. The zero-order valence-corrected chi connectivity index (χ0v) is 29.1. The molecule has 4 aromatic carbocycles. The van der Waals surface area contributed by atoms with Crippen LogP contribution in [0.3, 0.4) is 0 Å². The summed E-state index contributed by atoms with van der Waals surface area (Å²) in [7, 11) is 1.50. The highest BCUT2D eigenvalue weighted by molar-refractivity contribution is 6.55. The molecular weight excluding hydrogens is 757 g/mol. The highest BCUT2D eigenvalue weighted by atomic mass is 35.5. The third kappa shape index (κ3) is 7.38. The van der Waals surface area contributed by atoms with Gasteiger partial charge in [-0.2, -0.15) is 5.26 Å². The molecule has 0 saturated carbocycles. The molecule has 0 saturated heterocycles. The fourth-order valence-corrected chi connectivity index (χ4v) is 6.32. The first-order chi connectivity index (χ1) is 22.4. The highest BCUT2D eigenvalue weighted by Gasteiger charge is 2.32. The molecule has 4 aromatic rings. The van der Waals surface area contributed by atoms with Crippen molar-refractivity contribution in [2.45, 2.75) is 12.5 Å². The number of hydrogen-bond acceptors (Lipinski definition) is 8. The average Bonchev–Trinajstić information content (AvgIpc) is 3.05. The number of allylic oxidation sites excluding steroid dienone is 1. The summed E-state index contributed by atoms with van der Waals surface area (Å²) in [5.74, 6) is -0.487. The van der Waals surface area contributed by atoms with E-state index in [2.05, 4.69) is 6.07 Å². The van der Waals surface area contributed by atoms with Gasteiger partial charge in [-0.05, 0) is 35.9 Å². The van der Waals surface area contributed by atoms with E-state index in [0.717, 1.165) is 5.56 Å². The Morgan fingerprint density at radius 3 is 2.23 bits per heavy atom. The number of nitriles is 1. The Morgan fingerprint density at radius 2 is 1.57 bits per heavy atom. The first kappa shape index (κ1) is 34.9. The Morgan fingerprint density at radius 1 is 0.872 bits per heavy atom. The van der Waals surface area contributed by atoms with Crippen LogP contribution >= 0.6 is 81.2 Å². The molecule has 0 aliphatic carbocycles. The van der Waals surface area contributed by atoms with Crippen molar-refractivity contribution in [3.63, 3.8) is 0 Å². The molecule has 0 radical (unpaired) electrons. The number of carbonyl (C=O) groups is 1. The number of rotatable bonds is 9. The van der Waals surface area contributed by atoms with Crippen LogP contribution in [0, 0.1) is 11.3 Å². The maximum Gasteiger partial charge on any atom is 0.349 e. The van der Waals surface area contributed by atoms with Crippen molar-refractivity contribution in [3.8, 4) is 34.8 Å². The molecule has 8 nitrogen and oxygen atoms in total. The number of ether oxygens (including phenoxy) is 5. The van der Waals surface area contributed by atoms with Crippen LogP contribution in [0.4, 0.5) is 0 Å². The lowest BCUT2D eigenvalue weighted by Crippen LogP contribution is -2.22. The number of hydrogen-bond donors (Lipinski definition) is 1. The second-order valence-corrected chi connectivity index (χ2v) is 12.5. The van der Waals surface area contributed by atoms with Crippen LogP contribution in [-0.4, -0.2) is 19.7 Å². The Kier molecular flexibility index (Phi) is 11.0. The first-order valence-electron chi connectivity index (χ1n) is 13.2. The standard InChI is InChI=1S/C32H19Cl7N2O6/c1-43-23-8-14(3-7-21(23)44-12-15-2-4-16(33)9-20(15)34)25-18-6-5-17(10-22(18)47-32(41)19(25)11-40)46-24(42)13-45-31-29(38)27(36)26(35)28(37)30(31)39/h2-10,25H,12-13,41H2,1H3.